The van der Waals surface area contributed by atoms with E-state index in [-0.39, 0.29) is 24.0 Å². The minimum absolute atomic E-state index is 0. The van der Waals surface area contributed by atoms with Crippen molar-refractivity contribution < 1.29 is 9.47 Å². The van der Waals surface area contributed by atoms with Crippen LogP contribution in [0.15, 0.2) is 29.3 Å². The Balaban J connectivity index is 0.00000338. The van der Waals surface area contributed by atoms with Gasteiger partial charge in [-0.2, -0.15) is 0 Å². The van der Waals surface area contributed by atoms with Gasteiger partial charge < -0.3 is 20.1 Å². The maximum Gasteiger partial charge on any atom is 0.191 e. The lowest BCUT2D eigenvalue weighted by Crippen LogP contribution is -2.37. The molecule has 0 spiro atoms. The minimum Gasteiger partial charge on any atom is -0.494 e. The average Bonchev–Trinajstić information content (AvgIpc) is 2.65. The molecule has 2 N–H and O–H groups in total. The number of nitrogens with zero attached hydrogens (tertiary/aromatic N) is 1. The van der Waals surface area contributed by atoms with Crippen molar-refractivity contribution in [3.05, 3.63) is 29.8 Å². The second-order valence-corrected chi connectivity index (χ2v) is 6.42. The number of aliphatic imine (C=N–C) groups is 1. The van der Waals surface area contributed by atoms with Crippen LogP contribution in [0.2, 0.25) is 0 Å². The Hall–Kier alpha value is -1.02. The molecule has 0 amide bonds. The molecular formula is C20H34IN3O2. The van der Waals surface area contributed by atoms with Crippen molar-refractivity contribution in [2.24, 2.45) is 4.99 Å². The Morgan fingerprint density at radius 3 is 2.73 bits per heavy atom. The van der Waals surface area contributed by atoms with E-state index in [1.54, 1.807) is 7.05 Å². The predicted molar refractivity (Wildman–Crippen MR) is 119 cm³/mol. The van der Waals surface area contributed by atoms with Gasteiger partial charge in [0.2, 0.25) is 0 Å². The molecule has 0 aromatic heterocycles. The molecule has 0 radical (unpaired) electrons. The van der Waals surface area contributed by atoms with Gasteiger partial charge in [0.1, 0.15) is 5.75 Å². The summed E-state index contributed by atoms with van der Waals surface area (Å²) in [5.74, 6) is 1.73. The predicted octanol–water partition coefficient (Wildman–Crippen LogP) is 4.11. The third-order valence-corrected chi connectivity index (χ3v) is 4.41. The highest BCUT2D eigenvalue weighted by molar-refractivity contribution is 14.0. The Morgan fingerprint density at radius 2 is 2.00 bits per heavy atom. The van der Waals surface area contributed by atoms with Crippen LogP contribution < -0.4 is 15.4 Å². The molecule has 5 nitrogen and oxygen atoms in total. The van der Waals surface area contributed by atoms with Gasteiger partial charge in [0.05, 0.1) is 12.7 Å². The fourth-order valence-corrected chi connectivity index (χ4v) is 3.08. The number of guanidine groups is 1. The highest BCUT2D eigenvalue weighted by Gasteiger charge is 2.12. The van der Waals surface area contributed by atoms with Crippen molar-refractivity contribution in [3.8, 4) is 5.75 Å². The van der Waals surface area contributed by atoms with Crippen LogP contribution >= 0.6 is 24.0 Å². The molecule has 1 saturated carbocycles. The highest BCUT2D eigenvalue weighted by atomic mass is 127. The van der Waals surface area contributed by atoms with E-state index in [0.29, 0.717) is 12.7 Å². The molecule has 2 rings (SSSR count). The first-order chi connectivity index (χ1) is 12.3. The van der Waals surface area contributed by atoms with Crippen LogP contribution in [0.5, 0.6) is 5.75 Å². The van der Waals surface area contributed by atoms with Gasteiger partial charge in [0, 0.05) is 26.7 Å². The van der Waals surface area contributed by atoms with Crippen molar-refractivity contribution in [2.45, 2.75) is 58.1 Å². The van der Waals surface area contributed by atoms with Crippen LogP contribution in [0.3, 0.4) is 0 Å². The normalized spacial score (nSPS) is 15.2. The standard InChI is InChI=1S/C20H33N3O2.HI/c1-3-24-19-12-7-9-17(15-19)16-23-20(21-2)22-13-8-14-25-18-10-5-4-6-11-18;/h7,9,12,15,18H,3-6,8,10-11,13-14,16H2,1-2H3,(H2,21,22,23);1H. The molecule has 1 aliphatic rings. The quantitative estimate of drug-likeness (QED) is 0.244. The smallest absolute Gasteiger partial charge is 0.191 e. The van der Waals surface area contributed by atoms with Crippen molar-refractivity contribution in [2.75, 3.05) is 26.8 Å². The maximum atomic E-state index is 5.95. The van der Waals surface area contributed by atoms with Gasteiger partial charge in [-0.3, -0.25) is 4.99 Å². The van der Waals surface area contributed by atoms with Gasteiger partial charge in [0.25, 0.3) is 0 Å². The van der Waals surface area contributed by atoms with Gasteiger partial charge in [-0.25, -0.2) is 0 Å². The number of halogens is 1. The van der Waals surface area contributed by atoms with Crippen molar-refractivity contribution >= 4 is 29.9 Å². The number of hydrogen-bond acceptors (Lipinski definition) is 3. The fraction of sp³-hybridized carbons (Fsp3) is 0.650. The topological polar surface area (TPSA) is 54.9 Å². The molecule has 0 unspecified atom stereocenters. The van der Waals surface area contributed by atoms with Crippen LogP contribution in [-0.4, -0.2) is 38.9 Å². The molecule has 6 heteroatoms. The van der Waals surface area contributed by atoms with Crippen LogP contribution in [0.4, 0.5) is 0 Å². The summed E-state index contributed by atoms with van der Waals surface area (Å²) in [6, 6.07) is 8.13. The van der Waals surface area contributed by atoms with E-state index in [4.69, 9.17) is 9.47 Å². The van der Waals surface area contributed by atoms with E-state index < -0.39 is 0 Å². The number of hydrogen-bond donors (Lipinski definition) is 2. The summed E-state index contributed by atoms with van der Waals surface area (Å²) in [6.45, 7) is 5.09. The summed E-state index contributed by atoms with van der Waals surface area (Å²) < 4.78 is 11.5. The van der Waals surface area contributed by atoms with E-state index >= 15 is 0 Å². The van der Waals surface area contributed by atoms with E-state index in [1.807, 2.05) is 19.1 Å². The first-order valence-electron chi connectivity index (χ1n) is 9.59. The number of benzene rings is 1. The molecule has 1 fully saturated rings. The highest BCUT2D eigenvalue weighted by Crippen LogP contribution is 2.20. The molecular weight excluding hydrogens is 441 g/mol. The van der Waals surface area contributed by atoms with Gasteiger partial charge in [-0.1, -0.05) is 31.4 Å². The molecule has 1 aromatic rings. The van der Waals surface area contributed by atoms with E-state index in [0.717, 1.165) is 37.8 Å². The monoisotopic (exact) mass is 475 g/mol. The average molecular weight is 475 g/mol. The van der Waals surface area contributed by atoms with Gasteiger partial charge in [-0.15, -0.1) is 24.0 Å². The third kappa shape index (κ3) is 9.07. The molecule has 148 valence electrons. The molecule has 0 saturated heterocycles. The lowest BCUT2D eigenvalue weighted by molar-refractivity contribution is 0.0277. The zero-order chi connectivity index (χ0) is 17.7. The van der Waals surface area contributed by atoms with Gasteiger partial charge in [-0.05, 0) is 43.9 Å². The first-order valence-corrected chi connectivity index (χ1v) is 9.59. The summed E-state index contributed by atoms with van der Waals surface area (Å²) in [6.07, 6.45) is 7.97. The molecule has 0 atom stereocenters. The van der Waals surface area contributed by atoms with Crippen LogP contribution in [0.1, 0.15) is 51.0 Å². The van der Waals surface area contributed by atoms with Crippen molar-refractivity contribution in [1.29, 1.82) is 0 Å². The first kappa shape index (κ1) is 23.0. The molecule has 1 aliphatic carbocycles. The van der Waals surface area contributed by atoms with Crippen molar-refractivity contribution in [1.82, 2.24) is 10.6 Å². The Kier molecular flexibility index (Phi) is 12.5. The maximum absolute atomic E-state index is 5.95. The number of nitrogens with one attached hydrogen (secondary N) is 2. The second kappa shape index (κ2) is 14.1. The lowest BCUT2D eigenvalue weighted by atomic mass is 9.98. The summed E-state index contributed by atoms with van der Waals surface area (Å²) in [5.41, 5.74) is 1.18. The Labute approximate surface area is 175 Å². The number of rotatable bonds is 9. The third-order valence-electron chi connectivity index (χ3n) is 4.41. The second-order valence-electron chi connectivity index (χ2n) is 6.42. The van der Waals surface area contributed by atoms with Crippen LogP contribution in [0.25, 0.3) is 0 Å². The van der Waals surface area contributed by atoms with Gasteiger partial charge in [0.15, 0.2) is 5.96 Å². The minimum atomic E-state index is 0. The lowest BCUT2D eigenvalue weighted by Gasteiger charge is -2.22. The Bertz CT molecular complexity index is 520. The summed E-state index contributed by atoms with van der Waals surface area (Å²) in [4.78, 5) is 4.27. The number of ether oxygens (including phenoxy) is 2. The molecule has 26 heavy (non-hydrogen) atoms. The van der Waals surface area contributed by atoms with E-state index in [1.165, 1.54) is 37.7 Å². The fourth-order valence-electron chi connectivity index (χ4n) is 3.08. The van der Waals surface area contributed by atoms with Gasteiger partial charge >= 0.3 is 0 Å². The zero-order valence-electron chi connectivity index (χ0n) is 16.1. The summed E-state index contributed by atoms with van der Waals surface area (Å²) in [5, 5.41) is 6.68. The molecule has 1 aromatic carbocycles. The largest absolute Gasteiger partial charge is 0.494 e. The zero-order valence-corrected chi connectivity index (χ0v) is 18.5. The van der Waals surface area contributed by atoms with Crippen LogP contribution in [-0.2, 0) is 11.3 Å². The SMILES string of the molecule is CCOc1cccc(CNC(=NC)NCCCOC2CCCCC2)c1.I. The summed E-state index contributed by atoms with van der Waals surface area (Å²) in [7, 11) is 1.80. The van der Waals surface area contributed by atoms with E-state index in [9.17, 15) is 0 Å². The molecule has 0 bridgehead atoms. The van der Waals surface area contributed by atoms with Crippen LogP contribution in [0, 0.1) is 0 Å². The van der Waals surface area contributed by atoms with E-state index in [2.05, 4.69) is 27.8 Å². The molecule has 0 aliphatic heterocycles. The van der Waals surface area contributed by atoms with Crippen molar-refractivity contribution in [3.63, 3.8) is 0 Å². The molecule has 0 heterocycles. The Morgan fingerprint density at radius 1 is 1.19 bits per heavy atom. The summed E-state index contributed by atoms with van der Waals surface area (Å²) >= 11 is 0.